The van der Waals surface area contributed by atoms with E-state index in [9.17, 15) is 0 Å². The van der Waals surface area contributed by atoms with Gasteiger partial charge in [-0.1, -0.05) is 5.16 Å². The van der Waals surface area contributed by atoms with Crippen molar-refractivity contribution < 1.29 is 4.52 Å². The van der Waals surface area contributed by atoms with E-state index in [1.165, 1.54) is 6.42 Å². The van der Waals surface area contributed by atoms with Gasteiger partial charge in [-0.3, -0.25) is 0 Å². The highest BCUT2D eigenvalue weighted by atomic mass is 79.9. The largest absolute Gasteiger partial charge is 0.333 e. The zero-order valence-corrected chi connectivity index (χ0v) is 10.8. The minimum atomic E-state index is 0.265. The zero-order chi connectivity index (χ0) is 11.0. The Kier molecular flexibility index (Phi) is 2.79. The number of rotatable bonds is 2. The van der Waals surface area contributed by atoms with Gasteiger partial charge in [0, 0.05) is 0 Å². The molecule has 1 N–H and O–H groups in total. The molecule has 3 heterocycles. The number of nitrogens with one attached hydrogen (secondary N) is 1. The molecule has 84 valence electrons. The molecule has 0 spiro atoms. The molecule has 1 saturated heterocycles. The lowest BCUT2D eigenvalue weighted by Crippen LogP contribution is -2.14. The summed E-state index contributed by atoms with van der Waals surface area (Å²) in [6.07, 6.45) is 2.27. The summed E-state index contributed by atoms with van der Waals surface area (Å²) in [6, 6.07) is 4.23. The molecule has 1 atom stereocenters. The SMILES string of the molecule is Brc1ccc(-c2nc(C3CCCN3)no2)s1. The third kappa shape index (κ3) is 1.92. The smallest absolute Gasteiger partial charge is 0.268 e. The van der Waals surface area contributed by atoms with Crippen LogP contribution in [0.2, 0.25) is 0 Å². The van der Waals surface area contributed by atoms with Crippen molar-refractivity contribution in [2.45, 2.75) is 18.9 Å². The molecular formula is C10H10BrN3OS. The summed E-state index contributed by atoms with van der Waals surface area (Å²) in [7, 11) is 0. The Bertz CT molecular complexity index is 490. The Labute approximate surface area is 105 Å². The molecule has 0 amide bonds. The molecule has 0 aliphatic carbocycles. The van der Waals surface area contributed by atoms with Gasteiger partial charge in [-0.25, -0.2) is 0 Å². The van der Waals surface area contributed by atoms with Gasteiger partial charge >= 0.3 is 0 Å². The quantitative estimate of drug-likeness (QED) is 0.926. The third-order valence-electron chi connectivity index (χ3n) is 2.60. The summed E-state index contributed by atoms with van der Waals surface area (Å²) in [6.45, 7) is 1.04. The van der Waals surface area contributed by atoms with E-state index in [2.05, 4.69) is 31.4 Å². The summed E-state index contributed by atoms with van der Waals surface area (Å²) in [5.41, 5.74) is 0. The zero-order valence-electron chi connectivity index (χ0n) is 8.44. The van der Waals surface area contributed by atoms with Crippen molar-refractivity contribution in [1.29, 1.82) is 0 Å². The predicted molar refractivity (Wildman–Crippen MR) is 65.3 cm³/mol. The fourth-order valence-corrected chi connectivity index (χ4v) is 3.12. The van der Waals surface area contributed by atoms with Crippen LogP contribution in [0, 0.1) is 0 Å². The first kappa shape index (κ1) is 10.4. The maximum Gasteiger partial charge on any atom is 0.268 e. The second-order valence-corrected chi connectivity index (χ2v) is 6.17. The molecule has 0 saturated carbocycles. The molecule has 2 aromatic rings. The lowest BCUT2D eigenvalue weighted by molar-refractivity contribution is 0.413. The molecule has 1 aliphatic heterocycles. The Morgan fingerprint density at radius 3 is 3.12 bits per heavy atom. The molecule has 0 aromatic carbocycles. The number of hydrogen-bond donors (Lipinski definition) is 1. The van der Waals surface area contributed by atoms with Crippen molar-refractivity contribution in [2.75, 3.05) is 6.54 Å². The minimum absolute atomic E-state index is 0.265. The van der Waals surface area contributed by atoms with Crippen molar-refractivity contribution in [3.63, 3.8) is 0 Å². The van der Waals surface area contributed by atoms with Gasteiger partial charge in [-0.05, 0) is 47.4 Å². The van der Waals surface area contributed by atoms with Gasteiger partial charge in [0.2, 0.25) is 0 Å². The Morgan fingerprint density at radius 2 is 2.44 bits per heavy atom. The van der Waals surface area contributed by atoms with E-state index in [0.717, 1.165) is 27.5 Å². The maximum absolute atomic E-state index is 5.26. The molecule has 0 radical (unpaired) electrons. The molecule has 0 bridgehead atoms. The average Bonchev–Trinajstić information content (AvgIpc) is 2.97. The molecule has 1 aliphatic rings. The van der Waals surface area contributed by atoms with Gasteiger partial charge in [-0.2, -0.15) is 4.98 Å². The van der Waals surface area contributed by atoms with Crippen LogP contribution in [-0.2, 0) is 0 Å². The van der Waals surface area contributed by atoms with Crippen LogP contribution in [0.4, 0.5) is 0 Å². The first-order chi connectivity index (χ1) is 7.83. The maximum atomic E-state index is 5.26. The summed E-state index contributed by atoms with van der Waals surface area (Å²) in [5, 5.41) is 7.38. The van der Waals surface area contributed by atoms with Crippen LogP contribution in [0.5, 0.6) is 0 Å². The first-order valence-corrected chi connectivity index (χ1v) is 6.76. The Morgan fingerprint density at radius 1 is 1.50 bits per heavy atom. The molecule has 2 aromatic heterocycles. The molecule has 16 heavy (non-hydrogen) atoms. The highest BCUT2D eigenvalue weighted by Gasteiger charge is 2.22. The molecule has 6 heteroatoms. The third-order valence-corrected chi connectivity index (χ3v) is 4.21. The second-order valence-electron chi connectivity index (χ2n) is 3.71. The minimum Gasteiger partial charge on any atom is -0.333 e. The van der Waals surface area contributed by atoms with Crippen LogP contribution in [0.3, 0.4) is 0 Å². The number of halogens is 1. The Balaban J connectivity index is 1.87. The van der Waals surface area contributed by atoms with Gasteiger partial charge in [0.25, 0.3) is 5.89 Å². The van der Waals surface area contributed by atoms with E-state index in [4.69, 9.17) is 4.52 Å². The summed E-state index contributed by atoms with van der Waals surface area (Å²) < 4.78 is 6.34. The molecule has 1 unspecified atom stereocenters. The molecule has 3 rings (SSSR count). The van der Waals surface area contributed by atoms with Crippen molar-refractivity contribution in [2.24, 2.45) is 0 Å². The van der Waals surface area contributed by atoms with E-state index in [1.54, 1.807) is 11.3 Å². The van der Waals surface area contributed by atoms with Gasteiger partial charge in [-0.15, -0.1) is 11.3 Å². The van der Waals surface area contributed by atoms with E-state index >= 15 is 0 Å². The first-order valence-electron chi connectivity index (χ1n) is 5.15. The normalized spacial score (nSPS) is 20.4. The van der Waals surface area contributed by atoms with Crippen LogP contribution in [0.1, 0.15) is 24.7 Å². The van der Waals surface area contributed by atoms with Crippen LogP contribution >= 0.6 is 27.3 Å². The van der Waals surface area contributed by atoms with Crippen molar-refractivity contribution in [1.82, 2.24) is 15.5 Å². The van der Waals surface area contributed by atoms with E-state index < -0.39 is 0 Å². The standard InChI is InChI=1S/C10H10BrN3OS/c11-8-4-3-7(16-8)10-13-9(14-15-10)6-2-1-5-12-6/h3-4,6,12H,1-2,5H2. The number of aromatic nitrogens is 2. The van der Waals surface area contributed by atoms with Gasteiger partial charge in [0.15, 0.2) is 5.82 Å². The predicted octanol–water partition coefficient (Wildman–Crippen LogP) is 2.99. The van der Waals surface area contributed by atoms with Gasteiger partial charge in [0.05, 0.1) is 14.7 Å². The fourth-order valence-electron chi connectivity index (χ4n) is 1.81. The van der Waals surface area contributed by atoms with Crippen LogP contribution in [0.25, 0.3) is 10.8 Å². The van der Waals surface area contributed by atoms with Gasteiger partial charge < -0.3 is 9.84 Å². The summed E-state index contributed by atoms with van der Waals surface area (Å²) in [4.78, 5) is 5.43. The van der Waals surface area contributed by atoms with Crippen LogP contribution in [0.15, 0.2) is 20.4 Å². The van der Waals surface area contributed by atoms with Crippen molar-refractivity contribution in [3.8, 4) is 10.8 Å². The van der Waals surface area contributed by atoms with Gasteiger partial charge in [0.1, 0.15) is 0 Å². The lowest BCUT2D eigenvalue weighted by Gasteiger charge is -2.01. The second kappa shape index (κ2) is 4.27. The fraction of sp³-hybridized carbons (Fsp3) is 0.400. The number of thiophene rings is 1. The highest BCUT2D eigenvalue weighted by Crippen LogP contribution is 2.31. The highest BCUT2D eigenvalue weighted by molar-refractivity contribution is 9.11. The topological polar surface area (TPSA) is 51.0 Å². The van der Waals surface area contributed by atoms with E-state index in [1.807, 2.05) is 12.1 Å². The summed E-state index contributed by atoms with van der Waals surface area (Å²) in [5.74, 6) is 1.39. The monoisotopic (exact) mass is 299 g/mol. The summed E-state index contributed by atoms with van der Waals surface area (Å²) >= 11 is 5.02. The van der Waals surface area contributed by atoms with Crippen molar-refractivity contribution in [3.05, 3.63) is 21.7 Å². The van der Waals surface area contributed by atoms with Crippen molar-refractivity contribution >= 4 is 27.3 Å². The van der Waals surface area contributed by atoms with E-state index in [-0.39, 0.29) is 6.04 Å². The van der Waals surface area contributed by atoms with Crippen LogP contribution in [-0.4, -0.2) is 16.7 Å². The Hall–Kier alpha value is -0.720. The average molecular weight is 300 g/mol. The molecule has 1 fully saturated rings. The number of nitrogens with zero attached hydrogens (tertiary/aromatic N) is 2. The van der Waals surface area contributed by atoms with Crippen LogP contribution < -0.4 is 5.32 Å². The molecule has 4 nitrogen and oxygen atoms in total. The lowest BCUT2D eigenvalue weighted by atomic mass is 10.2. The van der Waals surface area contributed by atoms with E-state index in [0.29, 0.717) is 5.89 Å². The number of hydrogen-bond acceptors (Lipinski definition) is 5. The molecular weight excluding hydrogens is 290 g/mol.